The van der Waals surface area contributed by atoms with Crippen molar-refractivity contribution in [3.8, 4) is 0 Å². The minimum absolute atomic E-state index is 0.0226. The van der Waals surface area contributed by atoms with Gasteiger partial charge in [0, 0.05) is 75.3 Å². The van der Waals surface area contributed by atoms with Crippen LogP contribution in [0.1, 0.15) is 218 Å². The van der Waals surface area contributed by atoms with Crippen LogP contribution in [-0.2, 0) is 84.8 Å². The molecule has 0 radical (unpaired) electrons. The van der Waals surface area contributed by atoms with Crippen LogP contribution in [0.25, 0.3) is 10.9 Å². The summed E-state index contributed by atoms with van der Waals surface area (Å²) < 4.78 is 16.2. The van der Waals surface area contributed by atoms with E-state index in [1.807, 2.05) is 6.07 Å². The molecule has 0 aliphatic carbocycles. The van der Waals surface area contributed by atoms with Crippen LogP contribution in [0.4, 0.5) is 4.39 Å². The number of aromatic nitrogens is 1. The largest absolute Gasteiger partial charge is 0.394 e. The fourth-order valence-electron chi connectivity index (χ4n) is 14.5. The second-order valence-corrected chi connectivity index (χ2v) is 31.6. The van der Waals surface area contributed by atoms with Gasteiger partial charge in [0.25, 0.3) is 0 Å². The molecule has 5 rings (SSSR count). The number of para-hydroxylation sites is 1. The van der Waals surface area contributed by atoms with E-state index in [-0.39, 0.29) is 115 Å². The zero-order valence-electron chi connectivity index (χ0n) is 71.5. The number of aliphatic imine (C=N–C) groups is 2. The molecule has 40 heteroatoms. The van der Waals surface area contributed by atoms with Gasteiger partial charge in [0.05, 0.1) is 26.3 Å². The number of nitrogens with two attached hydrogens (primary N) is 6. The molecule has 2 aliphatic rings. The van der Waals surface area contributed by atoms with E-state index in [2.05, 4.69) is 85.7 Å². The van der Waals surface area contributed by atoms with E-state index in [0.717, 1.165) is 30.6 Å². The van der Waals surface area contributed by atoms with Gasteiger partial charge in [-0.25, -0.2) is 4.39 Å². The molecule has 2 saturated heterocycles. The summed E-state index contributed by atoms with van der Waals surface area (Å²) in [6.45, 7) is 0.519. The molecule has 39 nitrogen and oxygen atoms in total. The average molecular weight is 1740 g/mol. The summed E-state index contributed by atoms with van der Waals surface area (Å²) >= 11 is 0. The molecule has 3 aromatic rings. The van der Waals surface area contributed by atoms with E-state index >= 15 is 9.18 Å². The van der Waals surface area contributed by atoms with E-state index < -0.39 is 220 Å². The van der Waals surface area contributed by atoms with Gasteiger partial charge in [-0.05, 0) is 94.2 Å². The predicted molar refractivity (Wildman–Crippen MR) is 462 cm³/mol. The summed E-state index contributed by atoms with van der Waals surface area (Å²) in [6, 6.07) is -2.24. The molecule has 2 aromatic carbocycles. The Morgan fingerprint density at radius 1 is 0.532 bits per heavy atom. The van der Waals surface area contributed by atoms with Crippen LogP contribution < -0.4 is 98.2 Å². The number of nitrogens with one attached hydrogen (secondary N) is 13. The fourth-order valence-corrected chi connectivity index (χ4v) is 14.5. The minimum Gasteiger partial charge on any atom is -0.394 e. The SMILES string of the molecule is CCCCCCCCCCCCCCCC(=O)NCC(=O)N[C@@H](CO)C(=O)N[C@@H](CCC(N)=O)C(=O)N[C@@H](CCCCN=C(N)N)C(=O)N[C@@H](CO)C(=O)N[C@@H](CCCC)C(=O)N[C@H]1CCC(=O)NCCCC[C@@H](C(N)=O)NC(=O)[C@H](Cc2c[nH]c3ccccc23)NC(=O)[C@H](CCCN=C(N)N)NC(=O)[C@@H](Cc2ccccc2)NC(=O)C2CC(F)CN2C1=O. The molecule has 124 heavy (non-hydrogen) atoms. The molecule has 2 aliphatic heterocycles. The van der Waals surface area contributed by atoms with Crippen molar-refractivity contribution >= 4 is 111 Å². The number of unbranched alkanes of at least 4 members (excludes halogenated alkanes) is 14. The van der Waals surface area contributed by atoms with Crippen molar-refractivity contribution in [2.75, 3.05) is 45.9 Å². The maximum absolute atomic E-state index is 16.2. The Bertz CT molecular complexity index is 4020. The van der Waals surface area contributed by atoms with Gasteiger partial charge in [-0.3, -0.25) is 81.9 Å². The number of benzene rings is 2. The molecule has 3 heterocycles. The van der Waals surface area contributed by atoms with Gasteiger partial charge in [0.2, 0.25) is 88.6 Å². The number of rotatable bonds is 49. The minimum atomic E-state index is -1.90. The highest BCUT2D eigenvalue weighted by molar-refractivity contribution is 6.00. The van der Waals surface area contributed by atoms with Gasteiger partial charge in [-0.2, -0.15) is 0 Å². The van der Waals surface area contributed by atoms with Gasteiger partial charge in [-0.1, -0.05) is 152 Å². The molecule has 0 saturated carbocycles. The zero-order chi connectivity index (χ0) is 90.9. The highest BCUT2D eigenvalue weighted by Crippen LogP contribution is 2.25. The topological polar surface area (TPSA) is 641 Å². The number of halogens is 1. The van der Waals surface area contributed by atoms with E-state index in [4.69, 9.17) is 34.4 Å². The highest BCUT2D eigenvalue weighted by atomic mass is 19.1. The van der Waals surface area contributed by atoms with Crippen LogP contribution in [0.5, 0.6) is 0 Å². The molecule has 688 valence electrons. The predicted octanol–water partition coefficient (Wildman–Crippen LogP) is -1.16. The number of hydrogen-bond donors (Lipinski definition) is 21. The number of carbonyl (C=O) groups excluding carboxylic acids is 15. The lowest BCUT2D eigenvalue weighted by molar-refractivity contribution is -0.143. The maximum Gasteiger partial charge on any atom is 0.245 e. The first kappa shape index (κ1) is 103. The Morgan fingerprint density at radius 3 is 1.67 bits per heavy atom. The molecule has 0 spiro atoms. The first-order chi connectivity index (χ1) is 59.4. The Hall–Kier alpha value is -11.6. The summed E-state index contributed by atoms with van der Waals surface area (Å²) in [5, 5.41) is 52.4. The third kappa shape index (κ3) is 38.5. The lowest BCUT2D eigenvalue weighted by atomic mass is 10.0. The number of aliphatic hydroxyl groups excluding tert-OH is 2. The van der Waals surface area contributed by atoms with Gasteiger partial charge in [0.15, 0.2) is 11.9 Å². The Kier molecular flexibility index (Phi) is 47.3. The van der Waals surface area contributed by atoms with Crippen molar-refractivity contribution in [3.05, 3.63) is 71.9 Å². The van der Waals surface area contributed by atoms with Gasteiger partial charge < -0.3 is 118 Å². The monoisotopic (exact) mass is 1740 g/mol. The summed E-state index contributed by atoms with van der Waals surface area (Å²) in [5.41, 5.74) is 35.4. The molecule has 2 fully saturated rings. The number of alkyl halides is 1. The van der Waals surface area contributed by atoms with E-state index in [1.54, 1.807) is 61.7 Å². The number of guanidine groups is 2. The van der Waals surface area contributed by atoms with E-state index in [0.29, 0.717) is 34.9 Å². The van der Waals surface area contributed by atoms with Crippen LogP contribution in [0, 0.1) is 0 Å². The highest BCUT2D eigenvalue weighted by Gasteiger charge is 2.45. The van der Waals surface area contributed by atoms with Gasteiger partial charge in [0.1, 0.15) is 72.6 Å². The summed E-state index contributed by atoms with van der Waals surface area (Å²) in [7, 11) is 0. The van der Waals surface area contributed by atoms with Gasteiger partial charge in [-0.15, -0.1) is 0 Å². The molecular weight excluding hydrogens is 1610 g/mol. The number of amides is 15. The number of carbonyl (C=O) groups is 15. The number of H-pyrrole nitrogens is 1. The Balaban J connectivity index is 1.37. The molecule has 1 aromatic heterocycles. The van der Waals surface area contributed by atoms with Crippen LogP contribution in [-0.4, -0.2) is 239 Å². The molecule has 0 bridgehead atoms. The van der Waals surface area contributed by atoms with Crippen molar-refractivity contribution in [2.24, 2.45) is 44.4 Å². The van der Waals surface area contributed by atoms with Crippen molar-refractivity contribution in [1.82, 2.24) is 73.7 Å². The lowest BCUT2D eigenvalue weighted by Gasteiger charge is -2.31. The number of fused-ring (bicyclic) bond motifs is 2. The normalized spacial score (nSPS) is 19.4. The summed E-state index contributed by atoms with van der Waals surface area (Å²) in [6.07, 6.45) is 12.2. The number of primary amides is 2. The van der Waals surface area contributed by atoms with E-state index in [1.165, 1.54) is 51.4 Å². The molecular formula is C84H133FN22O17. The summed E-state index contributed by atoms with van der Waals surface area (Å²) in [4.78, 5) is 223. The maximum atomic E-state index is 16.2. The standard InChI is InChI=1S/C84H133FN22O17/c1-3-5-7-8-9-10-11-12-13-14-15-16-20-36-69(111)96-48-71(113)97-65(50-108)79(121)102-61(37-39-68(86)110)76(118)99-59(34-24-26-42-93-83(88)89)75(117)106-66(51-109)80(122)101-58(31-6-4-2)73(115)103-62-38-40-70(112)92-41-25-23-33-57(72(87)114)98-78(120)64(45-53-47-95-56-32-22-21-30-55(53)56)104-74(116)60(35-27-43-94-84(90)91)100-77(119)63(44-52-28-18-17-19-29-52)105-81(123)67-46-54(85)49-107(67)82(62)124/h17-19,21-22,28-30,32,47,54,57-67,95,108-109H,3-16,20,23-27,31,33-46,48-51H2,1-2H3,(H2,86,110)(H2,87,114)(H,92,112)(H,96,111)(H,97,113)(H,98,120)(H,99,118)(H,100,119)(H,101,122)(H,102,121)(H,103,115)(H,104,116)(H,105,123)(H,106,117)(H4,88,89,93)(H4,90,91,94)/t54?,57-,58-,59-,60-,61-,62-,63+,64-,65-,66-,67?/m0/s1. The number of nitrogens with zero attached hydrogens (tertiary/aromatic N) is 3. The average Bonchev–Trinajstić information content (AvgIpc) is 1.65. The van der Waals surface area contributed by atoms with Crippen molar-refractivity contribution < 1.29 is 86.5 Å². The van der Waals surface area contributed by atoms with Crippen LogP contribution >= 0.6 is 0 Å². The first-order valence-electron chi connectivity index (χ1n) is 43.4. The lowest BCUT2D eigenvalue weighted by Crippen LogP contribution is -2.61. The van der Waals surface area contributed by atoms with Crippen molar-refractivity contribution in [2.45, 2.75) is 292 Å². The van der Waals surface area contributed by atoms with Crippen LogP contribution in [0.15, 0.2) is 70.8 Å². The van der Waals surface area contributed by atoms with Crippen LogP contribution in [0.3, 0.4) is 0 Å². The molecule has 15 amide bonds. The Labute approximate surface area is 722 Å². The first-order valence-corrected chi connectivity index (χ1v) is 43.4. The second-order valence-electron chi connectivity index (χ2n) is 31.6. The van der Waals surface area contributed by atoms with Crippen molar-refractivity contribution in [1.29, 1.82) is 0 Å². The number of hydrogen-bond acceptors (Lipinski definition) is 19. The van der Waals surface area contributed by atoms with Gasteiger partial charge >= 0.3 is 0 Å². The number of aromatic amines is 1. The fraction of sp³-hybridized carbons (Fsp3) is 0.631. The van der Waals surface area contributed by atoms with Crippen molar-refractivity contribution in [3.63, 3.8) is 0 Å². The van der Waals surface area contributed by atoms with E-state index in [9.17, 15) is 77.3 Å². The molecule has 2 unspecified atom stereocenters. The smallest absolute Gasteiger partial charge is 0.245 e. The Morgan fingerprint density at radius 2 is 1.06 bits per heavy atom. The summed E-state index contributed by atoms with van der Waals surface area (Å²) in [5.74, 6) is -14.6. The third-order valence-electron chi connectivity index (χ3n) is 21.5. The number of aliphatic hydroxyl groups is 2. The van der Waals surface area contributed by atoms with Crippen LogP contribution in [0.2, 0.25) is 0 Å². The molecule has 12 atom stereocenters. The zero-order valence-corrected chi connectivity index (χ0v) is 71.5. The molecule has 27 N–H and O–H groups in total. The third-order valence-corrected chi connectivity index (χ3v) is 21.5. The second kappa shape index (κ2) is 57.0. The quantitative estimate of drug-likeness (QED) is 0.0180.